The summed E-state index contributed by atoms with van der Waals surface area (Å²) in [5.74, 6) is 0.112. The Morgan fingerprint density at radius 1 is 1.35 bits per heavy atom. The lowest BCUT2D eigenvalue weighted by Gasteiger charge is -2.49. The minimum absolute atomic E-state index is 0.112. The first-order valence-corrected chi connectivity index (χ1v) is 7.67. The number of likely N-dealkylation sites (N-methyl/N-ethyl adjacent to an activating group) is 2. The van der Waals surface area contributed by atoms with Crippen LogP contribution in [0.2, 0.25) is 0 Å². The number of hydrogen-bond acceptors (Lipinski definition) is 3. The monoisotopic (exact) mass is 338 g/mol. The molecule has 0 bridgehead atoms. The molecular weight excluding hydrogens is 316 g/mol. The number of halogens is 1. The summed E-state index contributed by atoms with van der Waals surface area (Å²) in [7, 11) is 6.39. The first-order chi connectivity index (χ1) is 9.35. The van der Waals surface area contributed by atoms with E-state index in [1.165, 1.54) is 19.3 Å². The number of anilines is 1. The highest BCUT2D eigenvalue weighted by molar-refractivity contribution is 9.10. The Hall–Kier alpha value is -1.07. The third-order valence-electron chi connectivity index (χ3n) is 4.42. The molecule has 1 saturated carbocycles. The van der Waals surface area contributed by atoms with Crippen molar-refractivity contribution in [2.45, 2.75) is 24.8 Å². The van der Waals surface area contributed by atoms with Crippen molar-refractivity contribution >= 4 is 27.5 Å². The quantitative estimate of drug-likeness (QED) is 0.641. The van der Waals surface area contributed by atoms with E-state index in [2.05, 4.69) is 46.9 Å². The van der Waals surface area contributed by atoms with Crippen LogP contribution in [0.5, 0.6) is 0 Å². The fourth-order valence-electron chi connectivity index (χ4n) is 2.92. The molecule has 1 aromatic rings. The minimum atomic E-state index is 0.112. The standard InChI is InChI=1S/C15H23BrN4/c1-19(2)15(7-4-8-15)10-20(3)13-6-5-11(16)9-12(13)14(17)18/h5-6,9H,4,7-8,10H2,1-3H3,(H3,17,18). The normalized spacial score (nSPS) is 16.9. The van der Waals surface area contributed by atoms with Crippen molar-refractivity contribution in [1.29, 1.82) is 5.41 Å². The van der Waals surface area contributed by atoms with Gasteiger partial charge in [-0.25, -0.2) is 0 Å². The van der Waals surface area contributed by atoms with Crippen LogP contribution in [0.4, 0.5) is 5.69 Å². The zero-order valence-corrected chi connectivity index (χ0v) is 14.0. The third kappa shape index (κ3) is 2.83. The van der Waals surface area contributed by atoms with Crippen LogP contribution in [0.15, 0.2) is 22.7 Å². The summed E-state index contributed by atoms with van der Waals surface area (Å²) in [5.41, 5.74) is 7.79. The van der Waals surface area contributed by atoms with Gasteiger partial charge in [-0.1, -0.05) is 15.9 Å². The molecule has 1 aliphatic carbocycles. The number of nitrogens with two attached hydrogens (primary N) is 1. The van der Waals surface area contributed by atoms with Crippen LogP contribution < -0.4 is 10.6 Å². The highest BCUT2D eigenvalue weighted by Crippen LogP contribution is 2.38. The number of hydrogen-bond donors (Lipinski definition) is 2. The van der Waals surface area contributed by atoms with Crippen LogP contribution >= 0.6 is 15.9 Å². The molecule has 110 valence electrons. The van der Waals surface area contributed by atoms with Crippen LogP contribution in [-0.4, -0.2) is 44.0 Å². The summed E-state index contributed by atoms with van der Waals surface area (Å²) in [4.78, 5) is 4.56. The highest BCUT2D eigenvalue weighted by atomic mass is 79.9. The van der Waals surface area contributed by atoms with E-state index < -0.39 is 0 Å². The number of nitrogen functional groups attached to an aromatic ring is 1. The fraction of sp³-hybridized carbons (Fsp3) is 0.533. The summed E-state index contributed by atoms with van der Waals surface area (Å²) in [6.45, 7) is 0.960. The lowest BCUT2D eigenvalue weighted by molar-refractivity contribution is 0.0683. The molecule has 1 fully saturated rings. The van der Waals surface area contributed by atoms with Crippen LogP contribution in [0, 0.1) is 5.41 Å². The topological polar surface area (TPSA) is 56.4 Å². The Morgan fingerprint density at radius 2 is 2.00 bits per heavy atom. The molecule has 0 radical (unpaired) electrons. The lowest BCUT2D eigenvalue weighted by Crippen LogP contribution is -2.56. The van der Waals surface area contributed by atoms with Gasteiger partial charge in [-0.05, 0) is 51.6 Å². The van der Waals surface area contributed by atoms with Gasteiger partial charge in [0.05, 0.1) is 0 Å². The first-order valence-electron chi connectivity index (χ1n) is 6.88. The number of amidine groups is 1. The number of nitrogens with one attached hydrogen (secondary N) is 1. The van der Waals surface area contributed by atoms with Crippen molar-refractivity contribution in [3.05, 3.63) is 28.2 Å². The van der Waals surface area contributed by atoms with Gasteiger partial charge in [0.1, 0.15) is 5.84 Å². The van der Waals surface area contributed by atoms with Gasteiger partial charge >= 0.3 is 0 Å². The molecule has 5 heteroatoms. The first kappa shape index (κ1) is 15.3. The van der Waals surface area contributed by atoms with Gasteiger partial charge in [-0.15, -0.1) is 0 Å². The van der Waals surface area contributed by atoms with E-state index in [9.17, 15) is 0 Å². The van der Waals surface area contributed by atoms with Crippen LogP contribution in [0.25, 0.3) is 0 Å². The lowest BCUT2D eigenvalue weighted by atomic mass is 9.75. The molecule has 0 atom stereocenters. The Labute approximate surface area is 129 Å². The SMILES string of the molecule is CN(CC1(N(C)C)CCC1)c1ccc(Br)cc1C(=N)N. The summed E-state index contributed by atoms with van der Waals surface area (Å²) >= 11 is 3.44. The summed E-state index contributed by atoms with van der Waals surface area (Å²) in [6.07, 6.45) is 3.76. The average molecular weight is 339 g/mol. The van der Waals surface area contributed by atoms with Crippen LogP contribution in [0.3, 0.4) is 0 Å². The molecule has 0 saturated heterocycles. The largest absolute Gasteiger partial charge is 0.384 e. The number of rotatable bonds is 5. The van der Waals surface area contributed by atoms with Gasteiger partial charge in [-0.3, -0.25) is 5.41 Å². The molecule has 3 N–H and O–H groups in total. The summed E-state index contributed by atoms with van der Waals surface area (Å²) < 4.78 is 0.950. The predicted molar refractivity (Wildman–Crippen MR) is 88.7 cm³/mol. The molecule has 1 aromatic carbocycles. The van der Waals surface area contributed by atoms with E-state index in [1.54, 1.807) is 0 Å². The molecule has 4 nitrogen and oxygen atoms in total. The van der Waals surface area contributed by atoms with Gasteiger partial charge in [0.15, 0.2) is 0 Å². The van der Waals surface area contributed by atoms with Crippen molar-refractivity contribution in [2.24, 2.45) is 5.73 Å². The van der Waals surface area contributed by atoms with Crippen molar-refractivity contribution < 1.29 is 0 Å². The molecule has 0 amide bonds. The summed E-state index contributed by atoms with van der Waals surface area (Å²) in [5, 5.41) is 7.76. The second-order valence-electron chi connectivity index (χ2n) is 5.90. The third-order valence-corrected chi connectivity index (χ3v) is 4.92. The fourth-order valence-corrected chi connectivity index (χ4v) is 3.28. The zero-order valence-electron chi connectivity index (χ0n) is 12.4. The van der Waals surface area contributed by atoms with Crippen molar-refractivity contribution in [1.82, 2.24) is 4.90 Å². The van der Waals surface area contributed by atoms with E-state index in [0.717, 1.165) is 22.3 Å². The minimum Gasteiger partial charge on any atom is -0.384 e. The van der Waals surface area contributed by atoms with E-state index in [-0.39, 0.29) is 11.4 Å². The van der Waals surface area contributed by atoms with Gasteiger partial charge in [0.25, 0.3) is 0 Å². The van der Waals surface area contributed by atoms with Crippen LogP contribution in [-0.2, 0) is 0 Å². The van der Waals surface area contributed by atoms with Crippen molar-refractivity contribution in [2.75, 3.05) is 32.6 Å². The molecular formula is C15H23BrN4. The number of nitrogens with zero attached hydrogens (tertiary/aromatic N) is 2. The number of benzene rings is 1. The zero-order chi connectivity index (χ0) is 14.9. The van der Waals surface area contributed by atoms with Gasteiger partial charge in [0.2, 0.25) is 0 Å². The van der Waals surface area contributed by atoms with Gasteiger partial charge in [0, 0.05) is 34.9 Å². The van der Waals surface area contributed by atoms with Crippen molar-refractivity contribution in [3.8, 4) is 0 Å². The maximum absolute atomic E-state index is 7.76. The van der Waals surface area contributed by atoms with Crippen molar-refractivity contribution in [3.63, 3.8) is 0 Å². The Kier molecular flexibility index (Phi) is 4.39. The molecule has 20 heavy (non-hydrogen) atoms. The molecule has 0 aromatic heterocycles. The summed E-state index contributed by atoms with van der Waals surface area (Å²) in [6, 6.07) is 5.95. The Morgan fingerprint density at radius 3 is 2.45 bits per heavy atom. The Balaban J connectivity index is 2.25. The maximum Gasteiger partial charge on any atom is 0.124 e. The molecule has 0 heterocycles. The van der Waals surface area contributed by atoms with E-state index in [1.807, 2.05) is 18.2 Å². The highest BCUT2D eigenvalue weighted by Gasteiger charge is 2.40. The van der Waals surface area contributed by atoms with E-state index >= 15 is 0 Å². The maximum atomic E-state index is 7.76. The molecule has 1 aliphatic rings. The van der Waals surface area contributed by atoms with Crippen LogP contribution in [0.1, 0.15) is 24.8 Å². The molecule has 0 unspecified atom stereocenters. The second-order valence-corrected chi connectivity index (χ2v) is 6.82. The molecule has 2 rings (SSSR count). The smallest absolute Gasteiger partial charge is 0.124 e. The van der Waals surface area contributed by atoms with E-state index in [0.29, 0.717) is 0 Å². The predicted octanol–water partition coefficient (Wildman–Crippen LogP) is 2.65. The molecule has 0 spiro atoms. The molecule has 0 aliphatic heterocycles. The van der Waals surface area contributed by atoms with E-state index in [4.69, 9.17) is 11.1 Å². The van der Waals surface area contributed by atoms with Gasteiger partial charge < -0.3 is 15.5 Å². The average Bonchev–Trinajstić information content (AvgIpc) is 2.32. The van der Waals surface area contributed by atoms with Gasteiger partial charge in [-0.2, -0.15) is 0 Å². The second kappa shape index (κ2) is 5.74. The Bertz CT molecular complexity index is 509.